The summed E-state index contributed by atoms with van der Waals surface area (Å²) in [6.45, 7) is 1.65. The molecular formula is C20H21F3N4O5. The standard InChI is InChI=1S/C18H20N4O3.C2HF3O2/c23-18(14-5-8-20-21-11-14)22-9-10-24-17-15(22)1-2-16(17)25-12-13-3-6-19-7-4-13;3-2(4,5)1(6)7/h3-8,11,15-17H,1-2,9-10,12H2;(H,6,7)/t15-,16+,17+;/m0./s1. The van der Waals surface area contributed by atoms with Gasteiger partial charge in [-0.25, -0.2) is 4.79 Å². The van der Waals surface area contributed by atoms with E-state index >= 15 is 0 Å². The van der Waals surface area contributed by atoms with Crippen molar-refractivity contribution < 1.29 is 37.3 Å². The van der Waals surface area contributed by atoms with E-state index in [0.717, 1.165) is 18.4 Å². The van der Waals surface area contributed by atoms with Crippen LogP contribution in [0, 0.1) is 0 Å². The van der Waals surface area contributed by atoms with Gasteiger partial charge in [-0.3, -0.25) is 9.78 Å². The lowest BCUT2D eigenvalue weighted by molar-refractivity contribution is -0.192. The first kappa shape index (κ1) is 23.5. The quantitative estimate of drug-likeness (QED) is 0.747. The van der Waals surface area contributed by atoms with Gasteiger partial charge in [-0.2, -0.15) is 23.4 Å². The zero-order valence-corrected chi connectivity index (χ0v) is 16.8. The highest BCUT2D eigenvalue weighted by Crippen LogP contribution is 2.33. The van der Waals surface area contributed by atoms with Crippen LogP contribution in [0.25, 0.3) is 0 Å². The highest BCUT2D eigenvalue weighted by molar-refractivity contribution is 5.94. The van der Waals surface area contributed by atoms with Crippen LogP contribution in [0.3, 0.4) is 0 Å². The molecule has 1 saturated carbocycles. The summed E-state index contributed by atoms with van der Waals surface area (Å²) in [5.41, 5.74) is 1.65. The predicted molar refractivity (Wildman–Crippen MR) is 102 cm³/mol. The number of hydrogen-bond acceptors (Lipinski definition) is 7. The molecule has 1 N–H and O–H groups in total. The van der Waals surface area contributed by atoms with E-state index in [1.807, 2.05) is 17.0 Å². The molecule has 2 aromatic heterocycles. The van der Waals surface area contributed by atoms with Crippen molar-refractivity contribution in [2.75, 3.05) is 13.2 Å². The van der Waals surface area contributed by atoms with Crippen molar-refractivity contribution in [2.24, 2.45) is 0 Å². The number of halogens is 3. The van der Waals surface area contributed by atoms with Gasteiger partial charge in [0.15, 0.2) is 0 Å². The lowest BCUT2D eigenvalue weighted by Gasteiger charge is -2.39. The molecule has 1 saturated heterocycles. The number of nitrogens with zero attached hydrogens (tertiary/aromatic N) is 4. The van der Waals surface area contributed by atoms with E-state index in [1.165, 1.54) is 6.20 Å². The Morgan fingerprint density at radius 1 is 1.16 bits per heavy atom. The van der Waals surface area contributed by atoms with Crippen LogP contribution in [0.4, 0.5) is 13.2 Å². The van der Waals surface area contributed by atoms with Crippen LogP contribution in [-0.4, -0.2) is 74.6 Å². The van der Waals surface area contributed by atoms with Crippen molar-refractivity contribution in [1.82, 2.24) is 20.1 Å². The lowest BCUT2D eigenvalue weighted by atomic mass is 10.1. The normalized spacial score (nSPS) is 22.5. The largest absolute Gasteiger partial charge is 0.490 e. The van der Waals surface area contributed by atoms with Crippen LogP contribution in [0.2, 0.25) is 0 Å². The van der Waals surface area contributed by atoms with Gasteiger partial charge in [-0.05, 0) is 36.6 Å². The highest BCUT2D eigenvalue weighted by Gasteiger charge is 2.45. The molecular weight excluding hydrogens is 433 g/mol. The Bertz CT molecular complexity index is 901. The SMILES string of the molecule is O=C(O)C(F)(F)F.O=C(c1ccnnc1)N1CCO[C@H]2[C@H](OCc3ccncc3)CC[C@@H]21. The maximum Gasteiger partial charge on any atom is 0.490 e. The Kier molecular flexibility index (Phi) is 7.70. The van der Waals surface area contributed by atoms with E-state index in [9.17, 15) is 18.0 Å². The Morgan fingerprint density at radius 2 is 1.88 bits per heavy atom. The van der Waals surface area contributed by atoms with E-state index in [0.29, 0.717) is 25.3 Å². The second kappa shape index (κ2) is 10.5. The Labute approximate surface area is 181 Å². The number of carbonyl (C=O) groups excluding carboxylic acids is 1. The fraction of sp³-hybridized carbons (Fsp3) is 0.450. The fourth-order valence-corrected chi connectivity index (χ4v) is 3.61. The predicted octanol–water partition coefficient (Wildman–Crippen LogP) is 2.09. The monoisotopic (exact) mass is 454 g/mol. The highest BCUT2D eigenvalue weighted by atomic mass is 19.4. The number of aliphatic carboxylic acids is 1. The Morgan fingerprint density at radius 3 is 2.50 bits per heavy atom. The van der Waals surface area contributed by atoms with Gasteiger partial charge in [0.1, 0.15) is 6.10 Å². The van der Waals surface area contributed by atoms with Gasteiger partial charge in [-0.1, -0.05) is 0 Å². The summed E-state index contributed by atoms with van der Waals surface area (Å²) >= 11 is 0. The lowest BCUT2D eigenvalue weighted by Crippen LogP contribution is -2.53. The number of carbonyl (C=O) groups is 2. The number of pyridine rings is 1. The minimum Gasteiger partial charge on any atom is -0.475 e. The summed E-state index contributed by atoms with van der Waals surface area (Å²) in [7, 11) is 0. The summed E-state index contributed by atoms with van der Waals surface area (Å²) in [5.74, 6) is -2.77. The summed E-state index contributed by atoms with van der Waals surface area (Å²) < 4.78 is 43.8. The van der Waals surface area contributed by atoms with Crippen molar-refractivity contribution >= 4 is 11.9 Å². The maximum absolute atomic E-state index is 12.8. The average Bonchev–Trinajstić information content (AvgIpc) is 3.21. The van der Waals surface area contributed by atoms with E-state index in [1.54, 1.807) is 24.7 Å². The molecule has 2 aliphatic rings. The molecule has 3 atom stereocenters. The van der Waals surface area contributed by atoms with Gasteiger partial charge in [0, 0.05) is 18.9 Å². The number of rotatable bonds is 4. The topological polar surface area (TPSA) is 115 Å². The molecule has 0 aromatic carbocycles. The number of amides is 1. The van der Waals surface area contributed by atoms with Crippen LogP contribution in [0.15, 0.2) is 43.0 Å². The average molecular weight is 454 g/mol. The molecule has 12 heteroatoms. The summed E-state index contributed by atoms with van der Waals surface area (Å²) in [4.78, 5) is 27.6. The number of morpholine rings is 1. The van der Waals surface area contributed by atoms with Crippen LogP contribution >= 0.6 is 0 Å². The second-order valence-electron chi connectivity index (χ2n) is 7.12. The van der Waals surface area contributed by atoms with Gasteiger partial charge < -0.3 is 19.5 Å². The maximum atomic E-state index is 12.8. The molecule has 1 aliphatic carbocycles. The summed E-state index contributed by atoms with van der Waals surface area (Å²) in [6, 6.07) is 5.64. The van der Waals surface area contributed by atoms with Crippen LogP contribution < -0.4 is 0 Å². The molecule has 1 aliphatic heterocycles. The van der Waals surface area contributed by atoms with Gasteiger partial charge in [0.25, 0.3) is 5.91 Å². The van der Waals surface area contributed by atoms with Crippen LogP contribution in [0.1, 0.15) is 28.8 Å². The molecule has 2 fully saturated rings. The van der Waals surface area contributed by atoms with Crippen molar-refractivity contribution in [2.45, 2.75) is 43.9 Å². The smallest absolute Gasteiger partial charge is 0.475 e. The zero-order chi connectivity index (χ0) is 23.1. The second-order valence-corrected chi connectivity index (χ2v) is 7.12. The van der Waals surface area contributed by atoms with Gasteiger partial charge in [0.2, 0.25) is 0 Å². The third-order valence-corrected chi connectivity index (χ3v) is 5.08. The molecule has 4 rings (SSSR count). The third kappa shape index (κ3) is 5.98. The molecule has 1 amide bonds. The fourth-order valence-electron chi connectivity index (χ4n) is 3.61. The minimum atomic E-state index is -5.08. The number of alkyl halides is 3. The first-order valence-corrected chi connectivity index (χ1v) is 9.77. The van der Waals surface area contributed by atoms with Crippen LogP contribution in [-0.2, 0) is 20.9 Å². The van der Waals surface area contributed by atoms with Crippen LogP contribution in [0.5, 0.6) is 0 Å². The first-order valence-electron chi connectivity index (χ1n) is 9.77. The molecule has 9 nitrogen and oxygen atoms in total. The Hall–Kier alpha value is -3.12. The van der Waals surface area contributed by atoms with E-state index < -0.39 is 12.1 Å². The minimum absolute atomic E-state index is 0.00401. The molecule has 2 aromatic rings. The van der Waals surface area contributed by atoms with Crippen molar-refractivity contribution in [3.63, 3.8) is 0 Å². The third-order valence-electron chi connectivity index (χ3n) is 5.08. The molecule has 0 bridgehead atoms. The van der Waals surface area contributed by atoms with E-state index in [-0.39, 0.29) is 24.2 Å². The molecule has 32 heavy (non-hydrogen) atoms. The number of carboxylic acids is 1. The summed E-state index contributed by atoms with van der Waals surface area (Å²) in [6.07, 6.45) is 3.19. The number of carboxylic acid groups (broad SMARTS) is 1. The van der Waals surface area contributed by atoms with E-state index in [2.05, 4.69) is 15.2 Å². The molecule has 172 valence electrons. The van der Waals surface area contributed by atoms with Crippen molar-refractivity contribution in [1.29, 1.82) is 0 Å². The number of aromatic nitrogens is 3. The van der Waals surface area contributed by atoms with Gasteiger partial charge >= 0.3 is 12.1 Å². The van der Waals surface area contributed by atoms with E-state index in [4.69, 9.17) is 19.4 Å². The first-order chi connectivity index (χ1) is 15.3. The molecule has 0 radical (unpaired) electrons. The molecule has 0 spiro atoms. The number of fused-ring (bicyclic) bond motifs is 1. The molecule has 3 heterocycles. The van der Waals surface area contributed by atoms with Gasteiger partial charge in [0.05, 0.1) is 43.3 Å². The van der Waals surface area contributed by atoms with Crippen molar-refractivity contribution in [3.05, 3.63) is 54.1 Å². The van der Waals surface area contributed by atoms with Crippen molar-refractivity contribution in [3.8, 4) is 0 Å². The zero-order valence-electron chi connectivity index (χ0n) is 16.8. The molecule has 0 unspecified atom stereocenters. The Balaban J connectivity index is 0.000000360. The van der Waals surface area contributed by atoms with Gasteiger partial charge in [-0.15, -0.1) is 0 Å². The number of ether oxygens (including phenoxy) is 2. The summed E-state index contributed by atoms with van der Waals surface area (Å²) in [5, 5.41) is 14.7. The number of hydrogen-bond donors (Lipinski definition) is 1.